The van der Waals surface area contributed by atoms with Gasteiger partial charge in [0.05, 0.1) is 5.56 Å². The summed E-state index contributed by atoms with van der Waals surface area (Å²) in [4.78, 5) is 11.7. The highest BCUT2D eigenvalue weighted by Crippen LogP contribution is 2.10. The first-order valence-corrected chi connectivity index (χ1v) is 5.22. The number of hydrogen-bond donors (Lipinski definition) is 1. The van der Waals surface area contributed by atoms with E-state index in [2.05, 4.69) is 11.9 Å². The van der Waals surface area contributed by atoms with Crippen LogP contribution < -0.4 is 5.32 Å². The number of benzene rings is 1. The van der Waals surface area contributed by atoms with Crippen LogP contribution in [0.25, 0.3) is 0 Å². The molecule has 0 aliphatic rings. The maximum Gasteiger partial charge on any atom is 0.254 e. The quantitative estimate of drug-likeness (QED) is 0.778. The van der Waals surface area contributed by atoms with Gasteiger partial charge in [-0.15, -0.1) is 6.58 Å². The third kappa shape index (κ3) is 3.19. The van der Waals surface area contributed by atoms with Gasteiger partial charge in [-0.05, 0) is 38.0 Å². The van der Waals surface area contributed by atoms with Crippen molar-refractivity contribution in [3.63, 3.8) is 0 Å². The number of amides is 1. The number of nitrogens with one attached hydrogen (secondary N) is 1. The summed E-state index contributed by atoms with van der Waals surface area (Å²) < 4.78 is 13.5. The maximum absolute atomic E-state index is 13.5. The van der Waals surface area contributed by atoms with Gasteiger partial charge in [-0.25, -0.2) is 4.39 Å². The zero-order chi connectivity index (χ0) is 12.1. The summed E-state index contributed by atoms with van der Waals surface area (Å²) in [6.45, 7) is 7.22. The maximum atomic E-state index is 13.5. The second kappa shape index (κ2) is 5.45. The Balaban J connectivity index is 2.76. The van der Waals surface area contributed by atoms with E-state index in [9.17, 15) is 9.18 Å². The van der Waals surface area contributed by atoms with Crippen LogP contribution in [0.15, 0.2) is 30.9 Å². The molecule has 86 valence electrons. The van der Waals surface area contributed by atoms with Gasteiger partial charge in [0.25, 0.3) is 5.91 Å². The van der Waals surface area contributed by atoms with E-state index in [1.807, 2.05) is 6.92 Å². The molecule has 0 fully saturated rings. The number of rotatable bonds is 4. The fourth-order valence-corrected chi connectivity index (χ4v) is 1.41. The van der Waals surface area contributed by atoms with E-state index < -0.39 is 5.82 Å². The summed E-state index contributed by atoms with van der Waals surface area (Å²) in [7, 11) is 0. The van der Waals surface area contributed by atoms with Gasteiger partial charge in [0.2, 0.25) is 0 Å². The fourth-order valence-electron chi connectivity index (χ4n) is 1.41. The first-order chi connectivity index (χ1) is 7.54. The molecule has 1 N–H and O–H groups in total. The van der Waals surface area contributed by atoms with Gasteiger partial charge in [0.1, 0.15) is 5.82 Å². The molecule has 0 saturated carbocycles. The van der Waals surface area contributed by atoms with Crippen LogP contribution in [0.5, 0.6) is 0 Å². The predicted octanol–water partition coefficient (Wildman–Crippen LogP) is 2.83. The summed E-state index contributed by atoms with van der Waals surface area (Å²) in [5.74, 6) is -0.866. The molecule has 1 atom stereocenters. The molecule has 0 heterocycles. The molecule has 1 aromatic rings. The lowest BCUT2D eigenvalue weighted by Crippen LogP contribution is -2.32. The second-order valence-corrected chi connectivity index (χ2v) is 3.88. The number of carbonyl (C=O) groups is 1. The first-order valence-electron chi connectivity index (χ1n) is 5.22. The molecule has 1 aromatic carbocycles. The Morgan fingerprint density at radius 1 is 1.62 bits per heavy atom. The van der Waals surface area contributed by atoms with Crippen LogP contribution in [-0.4, -0.2) is 11.9 Å². The topological polar surface area (TPSA) is 29.1 Å². The molecule has 1 amide bonds. The summed E-state index contributed by atoms with van der Waals surface area (Å²) >= 11 is 0. The van der Waals surface area contributed by atoms with E-state index in [1.165, 1.54) is 12.1 Å². The predicted molar refractivity (Wildman–Crippen MR) is 62.9 cm³/mol. The summed E-state index contributed by atoms with van der Waals surface area (Å²) in [5.41, 5.74) is 0.884. The number of halogens is 1. The van der Waals surface area contributed by atoms with Gasteiger partial charge in [-0.2, -0.15) is 0 Å². The van der Waals surface area contributed by atoms with E-state index in [-0.39, 0.29) is 17.5 Å². The fraction of sp³-hybridized carbons (Fsp3) is 0.308. The van der Waals surface area contributed by atoms with Gasteiger partial charge < -0.3 is 5.32 Å². The minimum Gasteiger partial charge on any atom is -0.349 e. The third-order valence-electron chi connectivity index (χ3n) is 2.27. The van der Waals surface area contributed by atoms with Gasteiger partial charge in [-0.3, -0.25) is 4.79 Å². The van der Waals surface area contributed by atoms with Crippen LogP contribution in [0.3, 0.4) is 0 Å². The van der Waals surface area contributed by atoms with Gasteiger partial charge >= 0.3 is 0 Å². The van der Waals surface area contributed by atoms with E-state index in [1.54, 1.807) is 19.1 Å². The van der Waals surface area contributed by atoms with Gasteiger partial charge in [0.15, 0.2) is 0 Å². The van der Waals surface area contributed by atoms with Gasteiger partial charge in [-0.1, -0.05) is 12.1 Å². The van der Waals surface area contributed by atoms with Crippen molar-refractivity contribution in [1.82, 2.24) is 5.32 Å². The van der Waals surface area contributed by atoms with Crippen molar-refractivity contribution in [3.8, 4) is 0 Å². The average molecular weight is 221 g/mol. The molecule has 0 saturated heterocycles. The highest BCUT2D eigenvalue weighted by atomic mass is 19.1. The lowest BCUT2D eigenvalue weighted by atomic mass is 10.1. The van der Waals surface area contributed by atoms with E-state index in [0.29, 0.717) is 6.42 Å². The Morgan fingerprint density at radius 3 is 2.88 bits per heavy atom. The van der Waals surface area contributed by atoms with Crippen molar-refractivity contribution in [3.05, 3.63) is 47.8 Å². The molecule has 16 heavy (non-hydrogen) atoms. The summed E-state index contributed by atoms with van der Waals surface area (Å²) in [6.07, 6.45) is 2.38. The number of aryl methyl sites for hydroxylation is 1. The highest BCUT2D eigenvalue weighted by Gasteiger charge is 2.13. The van der Waals surface area contributed by atoms with Crippen molar-refractivity contribution in [2.24, 2.45) is 0 Å². The van der Waals surface area contributed by atoms with Crippen molar-refractivity contribution < 1.29 is 9.18 Å². The molecule has 0 aromatic heterocycles. The Hall–Kier alpha value is -1.64. The van der Waals surface area contributed by atoms with Crippen LogP contribution >= 0.6 is 0 Å². The smallest absolute Gasteiger partial charge is 0.254 e. The van der Waals surface area contributed by atoms with E-state index in [0.717, 1.165) is 5.56 Å². The molecule has 1 unspecified atom stereocenters. The Bertz CT molecular complexity index is 401. The van der Waals surface area contributed by atoms with Crippen LogP contribution in [-0.2, 0) is 0 Å². The molecular weight excluding hydrogens is 205 g/mol. The molecule has 0 bridgehead atoms. The zero-order valence-corrected chi connectivity index (χ0v) is 9.59. The number of carbonyl (C=O) groups excluding carboxylic acids is 1. The molecule has 2 nitrogen and oxygen atoms in total. The van der Waals surface area contributed by atoms with Gasteiger partial charge in [0, 0.05) is 6.04 Å². The first kappa shape index (κ1) is 12.4. The largest absolute Gasteiger partial charge is 0.349 e. The molecule has 0 spiro atoms. The second-order valence-electron chi connectivity index (χ2n) is 3.88. The zero-order valence-electron chi connectivity index (χ0n) is 9.59. The average Bonchev–Trinajstić information content (AvgIpc) is 2.17. The Kier molecular flexibility index (Phi) is 4.23. The lowest BCUT2D eigenvalue weighted by Gasteiger charge is -2.12. The molecule has 1 rings (SSSR count). The SMILES string of the molecule is C=CCC(C)NC(=O)c1ccc(C)cc1F. The normalized spacial score (nSPS) is 11.9. The Labute approximate surface area is 95.2 Å². The molecule has 0 aliphatic heterocycles. The van der Waals surface area contributed by atoms with E-state index >= 15 is 0 Å². The van der Waals surface area contributed by atoms with Crippen LogP contribution in [0.2, 0.25) is 0 Å². The molecule has 0 aliphatic carbocycles. The number of hydrogen-bond acceptors (Lipinski definition) is 1. The van der Waals surface area contributed by atoms with Crippen molar-refractivity contribution >= 4 is 5.91 Å². The standard InChI is InChI=1S/C13H16FNO/c1-4-5-10(3)15-13(16)11-7-6-9(2)8-12(11)14/h4,6-8,10H,1,5H2,2-3H3,(H,15,16). The molecule has 3 heteroatoms. The van der Waals surface area contributed by atoms with Crippen LogP contribution in [0, 0.1) is 12.7 Å². The Morgan fingerprint density at radius 2 is 2.31 bits per heavy atom. The minimum atomic E-state index is -0.483. The van der Waals surface area contributed by atoms with Crippen LogP contribution in [0.1, 0.15) is 29.3 Å². The van der Waals surface area contributed by atoms with Crippen molar-refractivity contribution in [2.75, 3.05) is 0 Å². The van der Waals surface area contributed by atoms with Crippen molar-refractivity contribution in [1.29, 1.82) is 0 Å². The monoisotopic (exact) mass is 221 g/mol. The van der Waals surface area contributed by atoms with Crippen LogP contribution in [0.4, 0.5) is 4.39 Å². The molecular formula is C13H16FNO. The minimum absolute atomic E-state index is 0.0364. The third-order valence-corrected chi connectivity index (χ3v) is 2.27. The highest BCUT2D eigenvalue weighted by molar-refractivity contribution is 5.94. The van der Waals surface area contributed by atoms with E-state index in [4.69, 9.17) is 0 Å². The molecule has 0 radical (unpaired) electrons. The van der Waals surface area contributed by atoms with Crippen molar-refractivity contribution in [2.45, 2.75) is 26.3 Å². The summed E-state index contributed by atoms with van der Waals surface area (Å²) in [6, 6.07) is 4.54. The summed E-state index contributed by atoms with van der Waals surface area (Å²) in [5, 5.41) is 2.71. The lowest BCUT2D eigenvalue weighted by molar-refractivity contribution is 0.0936.